The van der Waals surface area contributed by atoms with Gasteiger partial charge in [0.1, 0.15) is 4.90 Å². The van der Waals surface area contributed by atoms with Crippen molar-refractivity contribution in [2.45, 2.75) is 11.8 Å². The molecule has 0 spiro atoms. The van der Waals surface area contributed by atoms with Crippen LogP contribution >= 0.6 is 47.8 Å². The molecule has 1 amide bonds. The zero-order valence-corrected chi connectivity index (χ0v) is 21.5. The van der Waals surface area contributed by atoms with E-state index in [9.17, 15) is 13.2 Å². The maximum atomic E-state index is 12.6. The predicted molar refractivity (Wildman–Crippen MR) is 130 cm³/mol. The fourth-order valence-electron chi connectivity index (χ4n) is 2.47. The van der Waals surface area contributed by atoms with Crippen LogP contribution in [-0.4, -0.2) is 20.5 Å². The van der Waals surface area contributed by atoms with Gasteiger partial charge in [-0.25, -0.2) is 5.43 Å². The molecule has 0 aromatic heterocycles. The van der Waals surface area contributed by atoms with Gasteiger partial charge in [-0.2, -0.15) is 13.5 Å². The van der Waals surface area contributed by atoms with Crippen LogP contribution in [0.5, 0.6) is 5.75 Å². The van der Waals surface area contributed by atoms with Crippen molar-refractivity contribution >= 4 is 70.0 Å². The second-order valence-corrected chi connectivity index (χ2v) is 10.5. The molecule has 0 fully saturated rings. The molecule has 0 radical (unpaired) electrons. The highest BCUT2D eigenvalue weighted by Crippen LogP contribution is 2.36. The van der Waals surface area contributed by atoms with Crippen molar-refractivity contribution in [3.05, 3.63) is 90.8 Å². The average Bonchev–Trinajstić information content (AvgIpc) is 2.71. The van der Waals surface area contributed by atoms with Crippen molar-refractivity contribution in [2.75, 3.05) is 0 Å². The Morgan fingerprint density at radius 3 is 2.19 bits per heavy atom. The summed E-state index contributed by atoms with van der Waals surface area (Å²) in [4.78, 5) is 12.2. The molecule has 0 aliphatic heterocycles. The molecule has 0 aliphatic carbocycles. The first-order valence-corrected chi connectivity index (χ1v) is 12.5. The SMILES string of the molecule is Cc1ccc(S(=O)(=O)Oc2c(Br)cc(/C=N\NC(=O)c3ccccc3Br)cc2Br)cc1. The normalized spacial score (nSPS) is 11.5. The van der Waals surface area contributed by atoms with E-state index in [1.54, 1.807) is 42.5 Å². The van der Waals surface area contributed by atoms with Gasteiger partial charge >= 0.3 is 10.1 Å². The second kappa shape index (κ2) is 10.1. The fraction of sp³-hybridized carbons (Fsp3) is 0.0476. The van der Waals surface area contributed by atoms with Crippen LogP contribution < -0.4 is 9.61 Å². The minimum Gasteiger partial charge on any atom is -0.377 e. The van der Waals surface area contributed by atoms with Gasteiger partial charge < -0.3 is 4.18 Å². The Morgan fingerprint density at radius 2 is 1.58 bits per heavy atom. The quantitative estimate of drug-likeness (QED) is 0.212. The maximum Gasteiger partial charge on any atom is 0.339 e. The van der Waals surface area contributed by atoms with Crippen LogP contribution in [0.2, 0.25) is 0 Å². The van der Waals surface area contributed by atoms with Gasteiger partial charge in [-0.3, -0.25) is 4.79 Å². The summed E-state index contributed by atoms with van der Waals surface area (Å²) in [5.74, 6) is -0.263. The number of amides is 1. The molecular weight excluding hydrogens is 616 g/mol. The van der Waals surface area contributed by atoms with Crippen LogP contribution in [-0.2, 0) is 10.1 Å². The van der Waals surface area contributed by atoms with Gasteiger partial charge in [0, 0.05) is 4.47 Å². The predicted octanol–water partition coefficient (Wildman–Crippen LogP) is 5.81. The Balaban J connectivity index is 1.76. The molecule has 3 aromatic rings. The van der Waals surface area contributed by atoms with E-state index >= 15 is 0 Å². The molecular formula is C21H15Br3N2O4S. The monoisotopic (exact) mass is 628 g/mol. The Morgan fingerprint density at radius 1 is 0.968 bits per heavy atom. The van der Waals surface area contributed by atoms with E-state index in [2.05, 4.69) is 58.3 Å². The standard InChI is InChI=1S/C21H15Br3N2O4S/c1-13-6-8-15(9-7-13)31(28,29)30-20-18(23)10-14(11-19(20)24)12-25-26-21(27)16-4-2-3-5-17(16)22/h2-12H,1H3,(H,26,27)/b25-12-. The van der Waals surface area contributed by atoms with Gasteiger partial charge in [-0.05, 0) is 96.7 Å². The maximum absolute atomic E-state index is 12.6. The second-order valence-electron chi connectivity index (χ2n) is 6.34. The number of hydrogen-bond donors (Lipinski definition) is 1. The lowest BCUT2D eigenvalue weighted by Crippen LogP contribution is -2.18. The van der Waals surface area contributed by atoms with E-state index in [-0.39, 0.29) is 16.6 Å². The number of benzene rings is 3. The molecule has 6 nitrogen and oxygen atoms in total. The van der Waals surface area contributed by atoms with E-state index in [1.165, 1.54) is 18.3 Å². The van der Waals surface area contributed by atoms with Crippen LogP contribution in [0.25, 0.3) is 0 Å². The minimum absolute atomic E-state index is 0.0531. The number of carbonyl (C=O) groups excluding carboxylic acids is 1. The number of halogens is 3. The van der Waals surface area contributed by atoms with Gasteiger partial charge in [0.25, 0.3) is 5.91 Å². The first-order chi connectivity index (χ1) is 14.7. The molecule has 0 atom stereocenters. The molecule has 1 N–H and O–H groups in total. The molecule has 0 aliphatic rings. The first-order valence-electron chi connectivity index (χ1n) is 8.75. The number of carbonyl (C=O) groups is 1. The van der Waals surface area contributed by atoms with Crippen molar-refractivity contribution in [3.8, 4) is 5.75 Å². The summed E-state index contributed by atoms with van der Waals surface area (Å²) in [5, 5.41) is 3.96. The van der Waals surface area contributed by atoms with Crippen molar-refractivity contribution in [3.63, 3.8) is 0 Å². The van der Waals surface area contributed by atoms with Crippen molar-refractivity contribution in [1.82, 2.24) is 5.43 Å². The van der Waals surface area contributed by atoms with E-state index in [4.69, 9.17) is 4.18 Å². The number of nitrogens with one attached hydrogen (secondary N) is 1. The van der Waals surface area contributed by atoms with Crippen LogP contribution in [0.15, 0.2) is 84.1 Å². The average molecular weight is 631 g/mol. The molecule has 10 heteroatoms. The lowest BCUT2D eigenvalue weighted by Gasteiger charge is -2.11. The molecule has 0 unspecified atom stereocenters. The third-order valence-corrected chi connectivity index (χ3v) is 7.13. The largest absolute Gasteiger partial charge is 0.377 e. The Kier molecular flexibility index (Phi) is 7.68. The van der Waals surface area contributed by atoms with Crippen LogP contribution in [0.4, 0.5) is 0 Å². The molecule has 31 heavy (non-hydrogen) atoms. The van der Waals surface area contributed by atoms with Gasteiger partial charge in [0.05, 0.1) is 20.7 Å². The van der Waals surface area contributed by atoms with Crippen LogP contribution in [0, 0.1) is 6.92 Å². The summed E-state index contributed by atoms with van der Waals surface area (Å²) in [6.45, 7) is 1.87. The van der Waals surface area contributed by atoms with E-state index in [1.807, 2.05) is 13.0 Å². The summed E-state index contributed by atoms with van der Waals surface area (Å²) in [7, 11) is -4.01. The van der Waals surface area contributed by atoms with Gasteiger partial charge in [-0.1, -0.05) is 29.8 Å². The molecule has 3 rings (SSSR count). The van der Waals surface area contributed by atoms with E-state index in [0.717, 1.165) is 5.56 Å². The van der Waals surface area contributed by atoms with Gasteiger partial charge in [0.15, 0.2) is 5.75 Å². The van der Waals surface area contributed by atoms with Crippen molar-refractivity contribution < 1.29 is 17.4 Å². The van der Waals surface area contributed by atoms with Crippen LogP contribution in [0.3, 0.4) is 0 Å². The highest BCUT2D eigenvalue weighted by molar-refractivity contribution is 9.11. The van der Waals surface area contributed by atoms with E-state index < -0.39 is 10.1 Å². The third-order valence-electron chi connectivity index (χ3n) is 4.02. The number of rotatable bonds is 6. The Hall–Kier alpha value is -2.01. The topological polar surface area (TPSA) is 84.8 Å². The fourth-order valence-corrected chi connectivity index (χ4v) is 5.49. The molecule has 3 aromatic carbocycles. The molecule has 0 heterocycles. The molecule has 160 valence electrons. The Bertz CT molecular complexity index is 1240. The summed E-state index contributed by atoms with van der Waals surface area (Å²) in [6, 6.07) is 16.6. The Labute approximate surface area is 205 Å². The van der Waals surface area contributed by atoms with E-state index in [0.29, 0.717) is 24.5 Å². The minimum atomic E-state index is -4.01. The zero-order valence-electron chi connectivity index (χ0n) is 16.0. The lowest BCUT2D eigenvalue weighted by atomic mass is 10.2. The molecule has 0 saturated carbocycles. The molecule has 0 bridgehead atoms. The summed E-state index contributed by atoms with van der Waals surface area (Å²) in [5.41, 5.74) is 4.44. The van der Waals surface area contributed by atoms with Crippen molar-refractivity contribution in [1.29, 1.82) is 0 Å². The summed E-state index contributed by atoms with van der Waals surface area (Å²) in [6.07, 6.45) is 1.43. The number of hydrogen-bond acceptors (Lipinski definition) is 5. The third kappa shape index (κ3) is 6.03. The van der Waals surface area contributed by atoms with Crippen LogP contribution in [0.1, 0.15) is 21.5 Å². The lowest BCUT2D eigenvalue weighted by molar-refractivity contribution is 0.0954. The number of aryl methyl sites for hydroxylation is 1. The highest BCUT2D eigenvalue weighted by Gasteiger charge is 2.20. The number of hydrazone groups is 1. The summed E-state index contributed by atoms with van der Waals surface area (Å²) >= 11 is 9.97. The smallest absolute Gasteiger partial charge is 0.339 e. The first kappa shape index (κ1) is 23.6. The summed E-state index contributed by atoms with van der Waals surface area (Å²) < 4.78 is 31.9. The van der Waals surface area contributed by atoms with Gasteiger partial charge in [0.2, 0.25) is 0 Å². The highest BCUT2D eigenvalue weighted by atomic mass is 79.9. The number of nitrogens with zero attached hydrogens (tertiary/aromatic N) is 1. The van der Waals surface area contributed by atoms with Crippen molar-refractivity contribution in [2.24, 2.45) is 5.10 Å². The molecule has 0 saturated heterocycles. The van der Waals surface area contributed by atoms with Gasteiger partial charge in [-0.15, -0.1) is 0 Å². The zero-order chi connectivity index (χ0) is 22.6.